The molecule has 3 fully saturated rings. The Labute approximate surface area is 307 Å². The SMILES string of the molecule is CC(C)C(N)C(=O)N1CCCC1c1ncc(C2=CC=C(C3=CC=C(c4cnc(C5CC6(CN5C(=O)C(N)C(C)C)OC(C)C(C)O6)[nH]4)CC3)CC2)[nH]1. The van der Waals surface area contributed by atoms with Crippen LogP contribution in [0.1, 0.15) is 122 Å². The predicted molar refractivity (Wildman–Crippen MR) is 200 cm³/mol. The van der Waals surface area contributed by atoms with E-state index in [4.69, 9.17) is 30.9 Å². The minimum atomic E-state index is -0.855. The van der Waals surface area contributed by atoms with Gasteiger partial charge < -0.3 is 40.7 Å². The van der Waals surface area contributed by atoms with Gasteiger partial charge in [-0.1, -0.05) is 52.0 Å². The highest BCUT2D eigenvalue weighted by molar-refractivity contribution is 5.83. The summed E-state index contributed by atoms with van der Waals surface area (Å²) in [4.78, 5) is 47.0. The maximum atomic E-state index is 13.6. The Morgan fingerprint density at radius 3 is 1.69 bits per heavy atom. The third-order valence-corrected chi connectivity index (χ3v) is 11.8. The third kappa shape index (κ3) is 6.98. The first-order valence-corrected chi connectivity index (χ1v) is 19.2. The molecule has 1 spiro atoms. The maximum Gasteiger partial charge on any atom is 0.240 e. The molecule has 12 nitrogen and oxygen atoms in total. The molecule has 7 rings (SSSR count). The zero-order valence-corrected chi connectivity index (χ0v) is 31.5. The van der Waals surface area contributed by atoms with Crippen molar-refractivity contribution in [1.29, 1.82) is 0 Å². The fourth-order valence-corrected chi connectivity index (χ4v) is 8.25. The van der Waals surface area contributed by atoms with Gasteiger partial charge in [0.2, 0.25) is 11.8 Å². The molecule has 2 aliphatic carbocycles. The van der Waals surface area contributed by atoms with Crippen molar-refractivity contribution in [3.63, 3.8) is 0 Å². The number of rotatable bonds is 9. The average molecular weight is 713 g/mol. The number of amides is 2. The highest BCUT2D eigenvalue weighted by atomic mass is 16.8. The summed E-state index contributed by atoms with van der Waals surface area (Å²) in [7, 11) is 0. The van der Waals surface area contributed by atoms with E-state index in [2.05, 4.69) is 34.3 Å². The van der Waals surface area contributed by atoms with Crippen molar-refractivity contribution >= 4 is 23.0 Å². The largest absolute Gasteiger partial charge is 0.342 e. The van der Waals surface area contributed by atoms with Crippen molar-refractivity contribution in [1.82, 2.24) is 29.7 Å². The lowest BCUT2D eigenvalue weighted by atomic mass is 9.86. The van der Waals surface area contributed by atoms with Crippen LogP contribution in [0.2, 0.25) is 0 Å². The molecule has 3 aliphatic heterocycles. The summed E-state index contributed by atoms with van der Waals surface area (Å²) in [6.07, 6.45) is 18.6. The van der Waals surface area contributed by atoms with Gasteiger partial charge in [-0.2, -0.15) is 0 Å². The standard InChI is InChI=1S/C40H56N8O4/c1-22(2)34(41)38(49)47-17-7-8-32(47)36-43-19-30(45-36)28-13-9-26(10-14-28)27-11-15-29(16-12-27)31-20-44-37(46-31)33-18-40(51-24(5)25(6)52-40)21-48(33)39(50)35(42)23(3)4/h9,11,13,15,19-20,22-25,32-35H,7-8,10,12,14,16-18,21,41-42H2,1-6H3,(H,43,45)(H,44,46). The van der Waals surface area contributed by atoms with E-state index in [1.165, 1.54) is 22.3 Å². The molecule has 0 bridgehead atoms. The van der Waals surface area contributed by atoms with Crippen molar-refractivity contribution < 1.29 is 19.1 Å². The van der Waals surface area contributed by atoms with Gasteiger partial charge >= 0.3 is 0 Å². The zero-order valence-electron chi connectivity index (χ0n) is 31.5. The highest BCUT2D eigenvalue weighted by Crippen LogP contribution is 2.45. The van der Waals surface area contributed by atoms with Crippen LogP contribution in [0.15, 0.2) is 47.8 Å². The number of nitrogens with two attached hydrogens (primary N) is 2. The summed E-state index contributed by atoms with van der Waals surface area (Å²) in [6, 6.07) is -1.47. The van der Waals surface area contributed by atoms with E-state index in [1.54, 1.807) is 4.90 Å². The van der Waals surface area contributed by atoms with E-state index >= 15 is 0 Å². The summed E-state index contributed by atoms with van der Waals surface area (Å²) in [6.45, 7) is 13.0. The number of hydrogen-bond donors (Lipinski definition) is 4. The first kappa shape index (κ1) is 36.5. The minimum absolute atomic E-state index is 0.00827. The number of ether oxygens (including phenoxy) is 2. The number of hydrogen-bond acceptors (Lipinski definition) is 8. The Bertz CT molecular complexity index is 1790. The molecule has 5 aliphatic rings. The summed E-state index contributed by atoms with van der Waals surface area (Å²) in [5, 5.41) is 0. The second kappa shape index (κ2) is 14.5. The molecule has 0 saturated carbocycles. The van der Waals surface area contributed by atoms with Crippen LogP contribution in [-0.4, -0.2) is 84.7 Å². The number of H-pyrrole nitrogens is 2. The monoisotopic (exact) mass is 712 g/mol. The van der Waals surface area contributed by atoms with Crippen LogP contribution < -0.4 is 11.5 Å². The molecular formula is C40H56N8O4. The van der Waals surface area contributed by atoms with E-state index in [-0.39, 0.29) is 47.9 Å². The molecule has 5 heterocycles. The number of nitrogens with zero attached hydrogens (tertiary/aromatic N) is 4. The molecule has 0 aromatic carbocycles. The van der Waals surface area contributed by atoms with E-state index in [9.17, 15) is 9.59 Å². The Morgan fingerprint density at radius 2 is 1.21 bits per heavy atom. The molecular weight excluding hydrogens is 656 g/mol. The molecule has 3 saturated heterocycles. The number of imidazole rings is 2. The molecule has 2 aromatic heterocycles. The van der Waals surface area contributed by atoms with Crippen LogP contribution in [0.25, 0.3) is 11.1 Å². The van der Waals surface area contributed by atoms with Gasteiger partial charge in [0.1, 0.15) is 11.6 Å². The van der Waals surface area contributed by atoms with Gasteiger partial charge in [0, 0.05) is 13.0 Å². The average Bonchev–Trinajstić information content (AvgIpc) is 3.98. The Morgan fingerprint density at radius 1 is 0.750 bits per heavy atom. The number of aromatic nitrogens is 4. The van der Waals surface area contributed by atoms with Crippen LogP contribution in [0.5, 0.6) is 0 Å². The first-order chi connectivity index (χ1) is 24.8. The predicted octanol–water partition coefficient (Wildman–Crippen LogP) is 5.46. The van der Waals surface area contributed by atoms with E-state index in [1.807, 2.05) is 58.8 Å². The second-order valence-corrected chi connectivity index (χ2v) is 16.1. The zero-order chi connectivity index (χ0) is 36.9. The lowest BCUT2D eigenvalue weighted by Gasteiger charge is -2.28. The highest BCUT2D eigenvalue weighted by Gasteiger charge is 2.55. The fourth-order valence-electron chi connectivity index (χ4n) is 8.25. The van der Waals surface area contributed by atoms with Crippen molar-refractivity contribution in [2.24, 2.45) is 23.3 Å². The van der Waals surface area contributed by atoms with E-state index in [0.717, 1.165) is 68.1 Å². The van der Waals surface area contributed by atoms with E-state index < -0.39 is 17.9 Å². The van der Waals surface area contributed by atoms with Crippen molar-refractivity contribution in [3.8, 4) is 0 Å². The smallest absolute Gasteiger partial charge is 0.240 e. The number of carbonyl (C=O) groups is 2. The number of carbonyl (C=O) groups excluding carboxylic acids is 2. The number of nitrogens with one attached hydrogen (secondary N) is 2. The van der Waals surface area contributed by atoms with Gasteiger partial charge in [0.05, 0.1) is 66.7 Å². The van der Waals surface area contributed by atoms with Crippen LogP contribution in [0.4, 0.5) is 0 Å². The number of allylic oxidation sites excluding steroid dienone is 8. The molecule has 6 atom stereocenters. The third-order valence-electron chi connectivity index (χ3n) is 11.8. The minimum Gasteiger partial charge on any atom is -0.342 e. The first-order valence-electron chi connectivity index (χ1n) is 19.2. The summed E-state index contributed by atoms with van der Waals surface area (Å²) < 4.78 is 12.6. The van der Waals surface area contributed by atoms with Crippen LogP contribution in [0, 0.1) is 11.8 Å². The number of likely N-dealkylation sites (tertiary alicyclic amines) is 2. The van der Waals surface area contributed by atoms with Crippen molar-refractivity contribution in [3.05, 3.63) is 70.9 Å². The molecule has 12 heteroatoms. The number of aromatic amines is 2. The molecule has 52 heavy (non-hydrogen) atoms. The second-order valence-electron chi connectivity index (χ2n) is 16.1. The fraction of sp³-hybridized carbons (Fsp3) is 0.600. The summed E-state index contributed by atoms with van der Waals surface area (Å²) in [5.41, 5.74) is 19.7. The lowest BCUT2D eigenvalue weighted by Crippen LogP contribution is -2.48. The maximum absolute atomic E-state index is 13.6. The Hall–Kier alpha value is -3.84. The van der Waals surface area contributed by atoms with Gasteiger partial charge in [-0.15, -0.1) is 0 Å². The summed E-state index contributed by atoms with van der Waals surface area (Å²) in [5.74, 6) is 0.726. The van der Waals surface area contributed by atoms with Crippen molar-refractivity contribution in [2.75, 3.05) is 13.1 Å². The molecule has 2 amide bonds. The van der Waals surface area contributed by atoms with Gasteiger partial charge in [0.15, 0.2) is 5.79 Å². The molecule has 0 radical (unpaired) electrons. The normalized spacial score (nSPS) is 29.1. The quantitative estimate of drug-likeness (QED) is 0.266. The van der Waals surface area contributed by atoms with Crippen molar-refractivity contribution in [2.45, 2.75) is 129 Å². The molecule has 6 N–H and O–H groups in total. The lowest BCUT2D eigenvalue weighted by molar-refractivity contribution is -0.166. The summed E-state index contributed by atoms with van der Waals surface area (Å²) >= 11 is 0. The Kier molecular flexibility index (Phi) is 10.2. The van der Waals surface area contributed by atoms with Gasteiger partial charge in [-0.25, -0.2) is 9.97 Å². The van der Waals surface area contributed by atoms with Crippen LogP contribution >= 0.6 is 0 Å². The van der Waals surface area contributed by atoms with Gasteiger partial charge in [0.25, 0.3) is 0 Å². The van der Waals surface area contributed by atoms with Crippen LogP contribution in [0.3, 0.4) is 0 Å². The topological polar surface area (TPSA) is 168 Å². The molecule has 2 aromatic rings. The molecule has 6 unspecified atom stereocenters. The Balaban J connectivity index is 1.03. The molecule has 280 valence electrons. The van der Waals surface area contributed by atoms with Crippen LogP contribution in [-0.2, 0) is 19.1 Å². The van der Waals surface area contributed by atoms with E-state index in [0.29, 0.717) is 13.0 Å². The van der Waals surface area contributed by atoms with Gasteiger partial charge in [-0.3, -0.25) is 9.59 Å². The van der Waals surface area contributed by atoms with Gasteiger partial charge in [-0.05, 0) is 86.5 Å².